The minimum atomic E-state index is -3.85. The third-order valence-electron chi connectivity index (χ3n) is 3.78. The zero-order valence-electron chi connectivity index (χ0n) is 14.0. The molecule has 0 aliphatic carbocycles. The number of nitrogens with zero attached hydrogens (tertiary/aromatic N) is 1. The molecule has 0 amide bonds. The molecule has 2 aromatic carbocycles. The molecule has 0 saturated heterocycles. The number of Topliss-reactive ketones (excluding diaryl/α,β-unsaturated/α-hetero) is 1. The van der Waals surface area contributed by atoms with E-state index in [-0.39, 0.29) is 16.3 Å². The van der Waals surface area contributed by atoms with Crippen molar-refractivity contribution in [2.45, 2.75) is 24.8 Å². The van der Waals surface area contributed by atoms with E-state index >= 15 is 0 Å². The Morgan fingerprint density at radius 1 is 1.12 bits per heavy atom. The predicted octanol–water partition coefficient (Wildman–Crippen LogP) is 3.03. The smallest absolute Gasteiger partial charge is 0.241 e. The molecule has 0 heterocycles. The summed E-state index contributed by atoms with van der Waals surface area (Å²) in [5.41, 5.74) is 2.04. The van der Waals surface area contributed by atoms with Crippen LogP contribution in [-0.2, 0) is 14.8 Å². The quantitative estimate of drug-likeness (QED) is 0.808. The van der Waals surface area contributed by atoms with Crippen LogP contribution in [0.25, 0.3) is 0 Å². The molecule has 0 radical (unpaired) electrons. The SMILES string of the molecule is C=C(C(C)=O)[C@H](NS(=O)(=O)c1ccc(C)cc1)c1ccc(C#N)cc1. The highest BCUT2D eigenvalue weighted by molar-refractivity contribution is 7.89. The molecule has 6 heteroatoms. The van der Waals surface area contributed by atoms with Gasteiger partial charge < -0.3 is 0 Å². The molecule has 1 N–H and O–H groups in total. The van der Waals surface area contributed by atoms with Crippen molar-refractivity contribution >= 4 is 15.8 Å². The maximum Gasteiger partial charge on any atom is 0.241 e. The normalized spacial score (nSPS) is 12.2. The number of carbonyl (C=O) groups excluding carboxylic acids is 1. The number of carbonyl (C=O) groups is 1. The van der Waals surface area contributed by atoms with Gasteiger partial charge in [-0.15, -0.1) is 0 Å². The van der Waals surface area contributed by atoms with Gasteiger partial charge in [0.05, 0.1) is 22.6 Å². The lowest BCUT2D eigenvalue weighted by Crippen LogP contribution is -2.31. The Bertz CT molecular complexity index is 938. The topological polar surface area (TPSA) is 87.0 Å². The van der Waals surface area contributed by atoms with Gasteiger partial charge in [0, 0.05) is 5.57 Å². The molecular formula is C19H18N2O3S. The first-order chi connectivity index (χ1) is 11.7. The van der Waals surface area contributed by atoms with E-state index in [2.05, 4.69) is 11.3 Å². The Balaban J connectivity index is 2.42. The van der Waals surface area contributed by atoms with E-state index in [0.29, 0.717) is 11.1 Å². The predicted molar refractivity (Wildman–Crippen MR) is 95.2 cm³/mol. The lowest BCUT2D eigenvalue weighted by atomic mass is 9.97. The van der Waals surface area contributed by atoms with Crippen LogP contribution in [0.1, 0.15) is 29.7 Å². The first-order valence-corrected chi connectivity index (χ1v) is 9.01. The van der Waals surface area contributed by atoms with Gasteiger partial charge in [-0.25, -0.2) is 8.42 Å². The summed E-state index contributed by atoms with van der Waals surface area (Å²) in [5.74, 6) is -0.319. The van der Waals surface area contributed by atoms with E-state index in [1.807, 2.05) is 13.0 Å². The fourth-order valence-corrected chi connectivity index (χ4v) is 3.45. The monoisotopic (exact) mass is 354 g/mol. The number of sulfonamides is 1. The third kappa shape index (κ3) is 4.41. The largest absolute Gasteiger partial charge is 0.295 e. The average Bonchev–Trinajstić information content (AvgIpc) is 2.59. The highest BCUT2D eigenvalue weighted by Gasteiger charge is 2.25. The zero-order valence-corrected chi connectivity index (χ0v) is 14.8. The van der Waals surface area contributed by atoms with E-state index in [1.165, 1.54) is 19.1 Å². The molecule has 2 aromatic rings. The molecule has 0 aliphatic heterocycles. The van der Waals surface area contributed by atoms with Crippen molar-refractivity contribution in [3.8, 4) is 6.07 Å². The van der Waals surface area contributed by atoms with E-state index in [4.69, 9.17) is 5.26 Å². The Kier molecular flexibility index (Phi) is 5.52. The molecule has 5 nitrogen and oxygen atoms in total. The number of ketones is 1. The number of hydrogen-bond donors (Lipinski definition) is 1. The minimum absolute atomic E-state index is 0.105. The lowest BCUT2D eigenvalue weighted by molar-refractivity contribution is -0.113. The molecule has 0 aromatic heterocycles. The molecule has 2 rings (SSSR count). The lowest BCUT2D eigenvalue weighted by Gasteiger charge is -2.20. The van der Waals surface area contributed by atoms with E-state index in [1.54, 1.807) is 36.4 Å². The summed E-state index contributed by atoms with van der Waals surface area (Å²) in [6.45, 7) is 6.92. The Labute approximate surface area is 147 Å². The highest BCUT2D eigenvalue weighted by atomic mass is 32.2. The summed E-state index contributed by atoms with van der Waals surface area (Å²) in [4.78, 5) is 11.9. The van der Waals surface area contributed by atoms with E-state index < -0.39 is 16.1 Å². The fraction of sp³-hybridized carbons (Fsp3) is 0.158. The second-order valence-electron chi connectivity index (χ2n) is 5.68. The van der Waals surface area contributed by atoms with Crippen LogP contribution in [0.5, 0.6) is 0 Å². The van der Waals surface area contributed by atoms with Crippen LogP contribution < -0.4 is 4.72 Å². The third-order valence-corrected chi connectivity index (χ3v) is 5.22. The van der Waals surface area contributed by atoms with Crippen LogP contribution in [0, 0.1) is 18.3 Å². The van der Waals surface area contributed by atoms with Gasteiger partial charge in [0.25, 0.3) is 0 Å². The van der Waals surface area contributed by atoms with Crippen LogP contribution in [0.2, 0.25) is 0 Å². The van der Waals surface area contributed by atoms with Crippen molar-refractivity contribution in [3.05, 3.63) is 77.4 Å². The molecule has 0 spiro atoms. The number of rotatable bonds is 6. The van der Waals surface area contributed by atoms with Crippen molar-refractivity contribution in [2.75, 3.05) is 0 Å². The summed E-state index contributed by atoms with van der Waals surface area (Å²) in [6, 6.07) is 13.8. The Morgan fingerprint density at radius 3 is 2.16 bits per heavy atom. The molecule has 25 heavy (non-hydrogen) atoms. The van der Waals surface area contributed by atoms with Crippen molar-refractivity contribution < 1.29 is 13.2 Å². The van der Waals surface area contributed by atoms with Crippen molar-refractivity contribution in [2.24, 2.45) is 0 Å². The van der Waals surface area contributed by atoms with Gasteiger partial charge in [-0.05, 0) is 43.7 Å². The highest BCUT2D eigenvalue weighted by Crippen LogP contribution is 2.24. The van der Waals surface area contributed by atoms with Crippen LogP contribution in [0.4, 0.5) is 0 Å². The van der Waals surface area contributed by atoms with Gasteiger partial charge in [-0.2, -0.15) is 9.98 Å². The van der Waals surface area contributed by atoms with Gasteiger partial charge in [-0.1, -0.05) is 36.4 Å². The number of nitriles is 1. The molecule has 128 valence electrons. The summed E-state index contributed by atoms with van der Waals surface area (Å²) in [7, 11) is -3.85. The summed E-state index contributed by atoms with van der Waals surface area (Å²) >= 11 is 0. The van der Waals surface area contributed by atoms with Gasteiger partial charge in [0.15, 0.2) is 5.78 Å². The number of hydrogen-bond acceptors (Lipinski definition) is 4. The molecule has 0 aliphatic rings. The Hall–Kier alpha value is -2.75. The molecule has 1 atom stereocenters. The Morgan fingerprint density at radius 2 is 1.68 bits per heavy atom. The van der Waals surface area contributed by atoms with Crippen molar-refractivity contribution in [1.29, 1.82) is 5.26 Å². The van der Waals surface area contributed by atoms with Crippen LogP contribution in [0.3, 0.4) is 0 Å². The summed E-state index contributed by atoms with van der Waals surface area (Å²) in [5, 5.41) is 8.89. The standard InChI is InChI=1S/C19H18N2O3S/c1-13-4-10-18(11-5-13)25(23,24)21-19(14(2)15(3)22)17-8-6-16(12-20)7-9-17/h4-11,19,21H,2H2,1,3H3/t19-/m0/s1. The second-order valence-corrected chi connectivity index (χ2v) is 7.40. The minimum Gasteiger partial charge on any atom is -0.295 e. The molecule has 0 bridgehead atoms. The van der Waals surface area contributed by atoms with Crippen LogP contribution in [0.15, 0.2) is 65.6 Å². The molecule has 0 saturated carbocycles. The first-order valence-electron chi connectivity index (χ1n) is 7.53. The van der Waals surface area contributed by atoms with Crippen molar-refractivity contribution in [3.63, 3.8) is 0 Å². The molecular weight excluding hydrogens is 336 g/mol. The van der Waals surface area contributed by atoms with Gasteiger partial charge in [-0.3, -0.25) is 4.79 Å². The number of nitrogens with one attached hydrogen (secondary N) is 1. The summed E-state index contributed by atoms with van der Waals surface area (Å²) in [6.07, 6.45) is 0. The maximum absolute atomic E-state index is 12.7. The van der Waals surface area contributed by atoms with E-state index in [0.717, 1.165) is 5.56 Å². The van der Waals surface area contributed by atoms with Crippen LogP contribution >= 0.6 is 0 Å². The molecule has 0 unspecified atom stereocenters. The first kappa shape index (κ1) is 18.6. The summed E-state index contributed by atoms with van der Waals surface area (Å²) < 4.78 is 27.9. The van der Waals surface area contributed by atoms with Crippen molar-refractivity contribution in [1.82, 2.24) is 4.72 Å². The maximum atomic E-state index is 12.7. The zero-order chi connectivity index (χ0) is 18.6. The average molecular weight is 354 g/mol. The van der Waals surface area contributed by atoms with Crippen LogP contribution in [-0.4, -0.2) is 14.2 Å². The van der Waals surface area contributed by atoms with Gasteiger partial charge >= 0.3 is 0 Å². The molecule has 0 fully saturated rings. The number of aryl methyl sites for hydroxylation is 1. The van der Waals surface area contributed by atoms with E-state index in [9.17, 15) is 13.2 Å². The van der Waals surface area contributed by atoms with Gasteiger partial charge in [0.2, 0.25) is 10.0 Å². The van der Waals surface area contributed by atoms with Gasteiger partial charge in [0.1, 0.15) is 0 Å². The second kappa shape index (κ2) is 7.43. The fourth-order valence-electron chi connectivity index (χ4n) is 2.23. The number of benzene rings is 2.